The molecule has 146 valence electrons. The molecule has 1 heterocycles. The van der Waals surface area contributed by atoms with Gasteiger partial charge >= 0.3 is 5.97 Å². The summed E-state index contributed by atoms with van der Waals surface area (Å²) in [5.41, 5.74) is 1.23. The zero-order chi connectivity index (χ0) is 20.1. The molecule has 7 nitrogen and oxygen atoms in total. The van der Waals surface area contributed by atoms with Crippen molar-refractivity contribution in [2.75, 3.05) is 30.5 Å². The highest BCUT2D eigenvalue weighted by molar-refractivity contribution is 6.30. The third kappa shape index (κ3) is 4.80. The van der Waals surface area contributed by atoms with E-state index >= 15 is 0 Å². The quantitative estimate of drug-likeness (QED) is 0.751. The number of ether oxygens (including phenoxy) is 2. The predicted molar refractivity (Wildman–Crippen MR) is 104 cm³/mol. The van der Waals surface area contributed by atoms with E-state index in [1.165, 1.54) is 4.90 Å². The molecule has 1 aliphatic rings. The molecule has 2 aromatic carbocycles. The molecule has 0 aromatic heterocycles. The van der Waals surface area contributed by atoms with Crippen molar-refractivity contribution in [3.05, 3.63) is 53.6 Å². The fourth-order valence-electron chi connectivity index (χ4n) is 2.86. The van der Waals surface area contributed by atoms with Gasteiger partial charge in [-0.15, -0.1) is 0 Å². The van der Waals surface area contributed by atoms with Gasteiger partial charge in [0.05, 0.1) is 13.0 Å². The number of nitrogens with zero attached hydrogens (tertiary/aromatic N) is 1. The van der Waals surface area contributed by atoms with Crippen LogP contribution in [0.4, 0.5) is 11.4 Å². The minimum Gasteiger partial charge on any atom is -0.497 e. The van der Waals surface area contributed by atoms with Crippen LogP contribution in [0.3, 0.4) is 0 Å². The molecule has 28 heavy (non-hydrogen) atoms. The van der Waals surface area contributed by atoms with E-state index in [2.05, 4.69) is 5.32 Å². The minimum absolute atomic E-state index is 0.0453. The molecule has 1 N–H and O–H groups in total. The highest BCUT2D eigenvalue weighted by Gasteiger charge is 2.36. The number of rotatable bonds is 6. The summed E-state index contributed by atoms with van der Waals surface area (Å²) in [4.78, 5) is 37.9. The Labute approximate surface area is 167 Å². The number of carbonyl (C=O) groups is 3. The van der Waals surface area contributed by atoms with E-state index in [9.17, 15) is 14.4 Å². The molecule has 1 fully saturated rings. The number of anilines is 2. The maximum Gasteiger partial charge on any atom is 0.311 e. The van der Waals surface area contributed by atoms with Crippen LogP contribution in [0.1, 0.15) is 6.42 Å². The smallest absolute Gasteiger partial charge is 0.311 e. The summed E-state index contributed by atoms with van der Waals surface area (Å²) < 4.78 is 10.2. The Morgan fingerprint density at radius 3 is 2.46 bits per heavy atom. The first-order valence-corrected chi connectivity index (χ1v) is 9.00. The number of nitrogens with one attached hydrogen (secondary N) is 1. The fourth-order valence-corrected chi connectivity index (χ4v) is 2.99. The van der Waals surface area contributed by atoms with E-state index in [0.29, 0.717) is 22.1 Å². The first-order valence-electron chi connectivity index (χ1n) is 8.62. The van der Waals surface area contributed by atoms with Crippen molar-refractivity contribution in [3.63, 3.8) is 0 Å². The highest BCUT2D eigenvalue weighted by atomic mass is 35.5. The second-order valence-electron chi connectivity index (χ2n) is 6.27. The molecule has 0 bridgehead atoms. The predicted octanol–water partition coefficient (Wildman–Crippen LogP) is 2.88. The lowest BCUT2D eigenvalue weighted by Crippen LogP contribution is -2.28. The van der Waals surface area contributed by atoms with Crippen LogP contribution in [0.2, 0.25) is 5.02 Å². The second-order valence-corrected chi connectivity index (χ2v) is 6.70. The summed E-state index contributed by atoms with van der Waals surface area (Å²) >= 11 is 5.79. The normalized spacial score (nSPS) is 16.0. The van der Waals surface area contributed by atoms with Crippen molar-refractivity contribution in [2.24, 2.45) is 5.92 Å². The molecule has 2 amide bonds. The lowest BCUT2D eigenvalue weighted by molar-refractivity contribution is -0.151. The number of hydrogen-bond acceptors (Lipinski definition) is 5. The molecule has 3 rings (SSSR count). The van der Waals surface area contributed by atoms with Gasteiger partial charge in [-0.2, -0.15) is 0 Å². The van der Waals surface area contributed by atoms with Crippen LogP contribution < -0.4 is 15.0 Å². The molecule has 1 aliphatic heterocycles. The number of esters is 1. The maximum atomic E-state index is 12.3. The number of carbonyl (C=O) groups excluding carboxylic acids is 3. The number of methoxy groups -OCH3 is 1. The summed E-state index contributed by atoms with van der Waals surface area (Å²) in [6.45, 7) is -0.211. The number of hydrogen-bond donors (Lipinski definition) is 1. The van der Waals surface area contributed by atoms with Gasteiger partial charge in [-0.1, -0.05) is 11.6 Å². The van der Waals surface area contributed by atoms with E-state index in [-0.39, 0.29) is 18.9 Å². The number of amides is 2. The molecule has 0 spiro atoms. The van der Waals surface area contributed by atoms with E-state index < -0.39 is 24.4 Å². The van der Waals surface area contributed by atoms with Crippen molar-refractivity contribution < 1.29 is 23.9 Å². The van der Waals surface area contributed by atoms with E-state index in [4.69, 9.17) is 21.1 Å². The number of benzene rings is 2. The van der Waals surface area contributed by atoms with Crippen LogP contribution in [0.25, 0.3) is 0 Å². The zero-order valence-corrected chi connectivity index (χ0v) is 15.9. The Hall–Kier alpha value is -3.06. The molecule has 8 heteroatoms. The van der Waals surface area contributed by atoms with Gasteiger partial charge in [0.1, 0.15) is 5.75 Å². The summed E-state index contributed by atoms with van der Waals surface area (Å²) in [6, 6.07) is 13.6. The molecule has 1 saturated heterocycles. The molecule has 1 atom stereocenters. The summed E-state index contributed by atoms with van der Waals surface area (Å²) in [6.07, 6.45) is 0.0453. The standard InChI is InChI=1S/C20H19ClN2O5/c1-27-17-8-6-16(7-9-17)23-11-13(10-19(23)25)20(26)28-12-18(24)22-15-4-2-14(21)3-5-15/h2-9,13H,10-12H2,1H3,(H,22,24)/t13-/m1/s1. The largest absolute Gasteiger partial charge is 0.497 e. The van der Waals surface area contributed by atoms with Crippen LogP contribution in [0, 0.1) is 5.92 Å². The lowest BCUT2D eigenvalue weighted by Gasteiger charge is -2.16. The van der Waals surface area contributed by atoms with E-state index in [1.54, 1.807) is 55.6 Å². The molecule has 0 aliphatic carbocycles. The Kier molecular flexibility index (Phi) is 6.16. The average Bonchev–Trinajstić information content (AvgIpc) is 3.10. The molecular weight excluding hydrogens is 384 g/mol. The van der Waals surface area contributed by atoms with Crippen molar-refractivity contribution >= 4 is 40.8 Å². The van der Waals surface area contributed by atoms with E-state index in [0.717, 1.165) is 0 Å². The Morgan fingerprint density at radius 2 is 1.82 bits per heavy atom. The molecule has 0 saturated carbocycles. The van der Waals surface area contributed by atoms with Gasteiger partial charge in [0.25, 0.3) is 5.91 Å². The van der Waals surface area contributed by atoms with Crippen molar-refractivity contribution in [1.82, 2.24) is 0 Å². The van der Waals surface area contributed by atoms with Crippen molar-refractivity contribution in [3.8, 4) is 5.75 Å². The van der Waals surface area contributed by atoms with Gasteiger partial charge in [0.15, 0.2) is 6.61 Å². The molecule has 0 unspecified atom stereocenters. The Balaban J connectivity index is 1.51. The molecule has 2 aromatic rings. The van der Waals surface area contributed by atoms with E-state index in [1.807, 2.05) is 0 Å². The zero-order valence-electron chi connectivity index (χ0n) is 15.2. The van der Waals surface area contributed by atoms with Crippen LogP contribution in [0.5, 0.6) is 5.75 Å². The van der Waals surface area contributed by atoms with Gasteiger partial charge in [-0.3, -0.25) is 14.4 Å². The van der Waals surface area contributed by atoms with Crippen LogP contribution in [-0.2, 0) is 19.1 Å². The third-order valence-corrected chi connectivity index (χ3v) is 4.57. The Morgan fingerprint density at radius 1 is 1.14 bits per heavy atom. The average molecular weight is 403 g/mol. The van der Waals surface area contributed by atoms with Gasteiger partial charge in [0, 0.05) is 29.4 Å². The van der Waals surface area contributed by atoms with Gasteiger partial charge in [0.2, 0.25) is 5.91 Å². The summed E-state index contributed by atoms with van der Waals surface area (Å²) in [5, 5.41) is 3.16. The third-order valence-electron chi connectivity index (χ3n) is 4.32. The molecule has 0 radical (unpaired) electrons. The number of halogens is 1. The molecular formula is C20H19ClN2O5. The first kappa shape index (κ1) is 19.7. The van der Waals surface area contributed by atoms with Crippen molar-refractivity contribution in [1.29, 1.82) is 0 Å². The minimum atomic E-state index is -0.613. The summed E-state index contributed by atoms with van der Waals surface area (Å²) in [7, 11) is 1.56. The van der Waals surface area contributed by atoms with Crippen LogP contribution >= 0.6 is 11.6 Å². The fraction of sp³-hybridized carbons (Fsp3) is 0.250. The van der Waals surface area contributed by atoms with Crippen LogP contribution in [-0.4, -0.2) is 38.0 Å². The highest BCUT2D eigenvalue weighted by Crippen LogP contribution is 2.27. The monoisotopic (exact) mass is 402 g/mol. The summed E-state index contributed by atoms with van der Waals surface area (Å²) in [5.74, 6) is -1.14. The van der Waals surface area contributed by atoms with Crippen LogP contribution in [0.15, 0.2) is 48.5 Å². The van der Waals surface area contributed by atoms with Crippen molar-refractivity contribution in [2.45, 2.75) is 6.42 Å². The maximum absolute atomic E-state index is 12.3. The van der Waals surface area contributed by atoms with Gasteiger partial charge in [-0.05, 0) is 48.5 Å². The Bertz CT molecular complexity index is 867. The second kappa shape index (κ2) is 8.75. The topological polar surface area (TPSA) is 84.9 Å². The lowest BCUT2D eigenvalue weighted by atomic mass is 10.1. The first-order chi connectivity index (χ1) is 13.5. The van der Waals surface area contributed by atoms with Gasteiger partial charge < -0.3 is 19.7 Å². The van der Waals surface area contributed by atoms with Gasteiger partial charge in [-0.25, -0.2) is 0 Å². The SMILES string of the molecule is COc1ccc(N2C[C@H](C(=O)OCC(=O)Nc3ccc(Cl)cc3)CC2=O)cc1.